The van der Waals surface area contributed by atoms with Gasteiger partial charge in [-0.05, 0) is 42.0 Å². The van der Waals surface area contributed by atoms with E-state index in [2.05, 4.69) is 10.2 Å². The van der Waals surface area contributed by atoms with Crippen molar-refractivity contribution in [1.29, 1.82) is 5.26 Å². The molecule has 0 atom stereocenters. The van der Waals surface area contributed by atoms with E-state index in [0.29, 0.717) is 18.8 Å². The number of rotatable bonds is 4. The third-order valence-corrected chi connectivity index (χ3v) is 4.39. The van der Waals surface area contributed by atoms with E-state index in [9.17, 15) is 23.2 Å². The molecule has 0 saturated carbocycles. The van der Waals surface area contributed by atoms with E-state index in [1.54, 1.807) is 18.2 Å². The summed E-state index contributed by atoms with van der Waals surface area (Å²) in [5.74, 6) is -0.774. The van der Waals surface area contributed by atoms with Gasteiger partial charge in [-0.1, -0.05) is 18.2 Å². The summed E-state index contributed by atoms with van der Waals surface area (Å²) in [4.78, 5) is 14.5. The Morgan fingerprint density at radius 1 is 1.14 bits per heavy atom. The summed E-state index contributed by atoms with van der Waals surface area (Å²) in [6.07, 6.45) is -3.12. The van der Waals surface area contributed by atoms with Crippen LogP contribution in [0.15, 0.2) is 54.1 Å². The van der Waals surface area contributed by atoms with Gasteiger partial charge in [0.15, 0.2) is 0 Å². The molecule has 8 heteroatoms. The Bertz CT molecular complexity index is 941. The number of carbonyl (C=O) groups is 1. The van der Waals surface area contributed by atoms with Gasteiger partial charge in [0.25, 0.3) is 5.91 Å². The number of amides is 1. The molecule has 2 aromatic carbocycles. The van der Waals surface area contributed by atoms with Crippen LogP contribution in [0.3, 0.4) is 0 Å². The van der Waals surface area contributed by atoms with Crippen molar-refractivity contribution in [3.05, 3.63) is 65.2 Å². The minimum atomic E-state index is -4.52. The molecule has 0 aliphatic carbocycles. The van der Waals surface area contributed by atoms with Gasteiger partial charge in [-0.15, -0.1) is 0 Å². The Hall–Kier alpha value is -3.31. The van der Waals surface area contributed by atoms with Crippen LogP contribution >= 0.6 is 0 Å². The highest BCUT2D eigenvalue weighted by Crippen LogP contribution is 2.30. The number of halogens is 3. The van der Waals surface area contributed by atoms with E-state index in [-0.39, 0.29) is 11.3 Å². The highest BCUT2D eigenvalue weighted by atomic mass is 19.4. The van der Waals surface area contributed by atoms with Crippen LogP contribution in [-0.2, 0) is 15.7 Å². The highest BCUT2D eigenvalue weighted by Gasteiger charge is 2.30. The zero-order chi connectivity index (χ0) is 20.9. The molecular formula is C21H18F3N3O2. The van der Waals surface area contributed by atoms with E-state index in [0.717, 1.165) is 30.9 Å². The van der Waals surface area contributed by atoms with E-state index < -0.39 is 17.6 Å². The lowest BCUT2D eigenvalue weighted by atomic mass is 10.1. The van der Waals surface area contributed by atoms with Gasteiger partial charge in [0.2, 0.25) is 0 Å². The Morgan fingerprint density at radius 2 is 1.83 bits per heavy atom. The Labute approximate surface area is 166 Å². The van der Waals surface area contributed by atoms with Crippen molar-refractivity contribution < 1.29 is 22.7 Å². The molecule has 1 fully saturated rings. The van der Waals surface area contributed by atoms with Crippen LogP contribution in [-0.4, -0.2) is 32.2 Å². The summed E-state index contributed by atoms with van der Waals surface area (Å²) in [6, 6.07) is 13.4. The van der Waals surface area contributed by atoms with Gasteiger partial charge in [-0.2, -0.15) is 18.4 Å². The lowest BCUT2D eigenvalue weighted by Gasteiger charge is -2.28. The number of ether oxygens (including phenoxy) is 1. The molecule has 0 aromatic heterocycles. The summed E-state index contributed by atoms with van der Waals surface area (Å²) < 4.78 is 43.7. The third kappa shape index (κ3) is 5.36. The average Bonchev–Trinajstić information content (AvgIpc) is 2.72. The molecule has 0 spiro atoms. The fourth-order valence-corrected chi connectivity index (χ4v) is 2.89. The zero-order valence-electron chi connectivity index (χ0n) is 15.4. The molecule has 29 heavy (non-hydrogen) atoms. The number of benzene rings is 2. The SMILES string of the molecule is N#C/C(=C\c1ccc(N2CCOCC2)cc1)C(=O)Nc1cccc(C(F)(F)F)c1. The van der Waals surface area contributed by atoms with Crippen LogP contribution < -0.4 is 10.2 Å². The van der Waals surface area contributed by atoms with Gasteiger partial charge in [-0.25, -0.2) is 0 Å². The molecule has 0 radical (unpaired) electrons. The Balaban J connectivity index is 1.72. The Morgan fingerprint density at radius 3 is 2.45 bits per heavy atom. The number of nitriles is 1. The molecule has 150 valence electrons. The van der Waals surface area contributed by atoms with Crippen molar-refractivity contribution in [1.82, 2.24) is 0 Å². The number of alkyl halides is 3. The van der Waals surface area contributed by atoms with Crippen LogP contribution in [0.25, 0.3) is 6.08 Å². The third-order valence-electron chi connectivity index (χ3n) is 4.39. The molecule has 3 rings (SSSR count). The minimum Gasteiger partial charge on any atom is -0.378 e. The normalized spacial score (nSPS) is 15.0. The number of hydrogen-bond donors (Lipinski definition) is 1. The number of anilines is 2. The predicted octanol–water partition coefficient (Wildman–Crippen LogP) is 4.09. The van der Waals surface area contributed by atoms with Crippen molar-refractivity contribution in [3.8, 4) is 6.07 Å². The van der Waals surface area contributed by atoms with E-state index >= 15 is 0 Å². The van der Waals surface area contributed by atoms with Crippen LogP contribution in [0, 0.1) is 11.3 Å². The van der Waals surface area contributed by atoms with Crippen molar-refractivity contribution in [3.63, 3.8) is 0 Å². The molecule has 2 aromatic rings. The lowest BCUT2D eigenvalue weighted by Crippen LogP contribution is -2.36. The minimum absolute atomic E-state index is 0.0337. The summed E-state index contributed by atoms with van der Waals surface area (Å²) in [6.45, 7) is 2.90. The molecule has 1 N–H and O–H groups in total. The first-order chi connectivity index (χ1) is 13.9. The van der Waals surface area contributed by atoms with Crippen molar-refractivity contribution in [2.75, 3.05) is 36.5 Å². The van der Waals surface area contributed by atoms with Crippen molar-refractivity contribution in [2.45, 2.75) is 6.18 Å². The summed E-state index contributed by atoms with van der Waals surface area (Å²) in [7, 11) is 0. The molecule has 1 amide bonds. The fourth-order valence-electron chi connectivity index (χ4n) is 2.89. The smallest absolute Gasteiger partial charge is 0.378 e. The highest BCUT2D eigenvalue weighted by molar-refractivity contribution is 6.09. The van der Waals surface area contributed by atoms with Gasteiger partial charge in [0.1, 0.15) is 11.6 Å². The van der Waals surface area contributed by atoms with E-state index in [4.69, 9.17) is 4.74 Å². The second kappa shape index (κ2) is 8.80. The molecular weight excluding hydrogens is 383 g/mol. The van der Waals surface area contributed by atoms with Gasteiger partial charge in [0, 0.05) is 24.5 Å². The van der Waals surface area contributed by atoms with E-state index in [1.165, 1.54) is 18.2 Å². The van der Waals surface area contributed by atoms with Crippen molar-refractivity contribution in [2.24, 2.45) is 0 Å². The van der Waals surface area contributed by atoms with Crippen LogP contribution in [0.1, 0.15) is 11.1 Å². The topological polar surface area (TPSA) is 65.4 Å². The monoisotopic (exact) mass is 401 g/mol. The molecule has 1 aliphatic rings. The molecule has 1 aliphatic heterocycles. The maximum Gasteiger partial charge on any atom is 0.416 e. The number of nitrogens with one attached hydrogen (secondary N) is 1. The second-order valence-corrected chi connectivity index (χ2v) is 6.39. The summed E-state index contributed by atoms with van der Waals surface area (Å²) in [5.41, 5.74) is 0.529. The van der Waals surface area contributed by atoms with Gasteiger partial charge in [0.05, 0.1) is 18.8 Å². The average molecular weight is 401 g/mol. The van der Waals surface area contributed by atoms with Gasteiger partial charge >= 0.3 is 6.18 Å². The summed E-state index contributed by atoms with van der Waals surface area (Å²) >= 11 is 0. The second-order valence-electron chi connectivity index (χ2n) is 6.39. The standard InChI is InChI=1S/C21H18F3N3O2/c22-21(23,24)17-2-1-3-18(13-17)26-20(28)16(14-25)12-15-4-6-19(7-5-15)27-8-10-29-11-9-27/h1-7,12-13H,8-11H2,(H,26,28)/b16-12+. The van der Waals surface area contributed by atoms with Crippen molar-refractivity contribution >= 4 is 23.4 Å². The first-order valence-electron chi connectivity index (χ1n) is 8.90. The lowest BCUT2D eigenvalue weighted by molar-refractivity contribution is -0.137. The summed E-state index contributed by atoms with van der Waals surface area (Å²) in [5, 5.41) is 11.6. The van der Waals surface area contributed by atoms with Gasteiger partial charge in [-0.3, -0.25) is 4.79 Å². The maximum absolute atomic E-state index is 12.8. The predicted molar refractivity (Wildman–Crippen MR) is 103 cm³/mol. The first-order valence-corrected chi connectivity index (χ1v) is 8.90. The quantitative estimate of drug-likeness (QED) is 0.619. The molecule has 0 bridgehead atoms. The molecule has 1 heterocycles. The van der Waals surface area contributed by atoms with Crippen LogP contribution in [0.4, 0.5) is 24.5 Å². The number of carbonyl (C=O) groups excluding carboxylic acids is 1. The maximum atomic E-state index is 12.8. The molecule has 0 unspecified atom stereocenters. The zero-order valence-corrected chi connectivity index (χ0v) is 15.4. The largest absolute Gasteiger partial charge is 0.416 e. The fraction of sp³-hybridized carbons (Fsp3) is 0.238. The van der Waals surface area contributed by atoms with Gasteiger partial charge < -0.3 is 15.0 Å². The number of morpholine rings is 1. The molecule has 1 saturated heterocycles. The first kappa shape index (κ1) is 20.4. The number of hydrogen-bond acceptors (Lipinski definition) is 4. The Kier molecular flexibility index (Phi) is 6.20. The van der Waals surface area contributed by atoms with Crippen LogP contribution in [0.5, 0.6) is 0 Å². The van der Waals surface area contributed by atoms with Crippen LogP contribution in [0.2, 0.25) is 0 Å². The number of nitrogens with zero attached hydrogens (tertiary/aromatic N) is 2. The van der Waals surface area contributed by atoms with E-state index in [1.807, 2.05) is 12.1 Å². The molecule has 5 nitrogen and oxygen atoms in total.